The third-order valence-corrected chi connectivity index (χ3v) is 3.33. The van der Waals surface area contributed by atoms with Crippen molar-refractivity contribution >= 4 is 29.3 Å². The third kappa shape index (κ3) is 4.02. The van der Waals surface area contributed by atoms with Crippen LogP contribution < -0.4 is 14.8 Å². The van der Waals surface area contributed by atoms with Crippen LogP contribution in [0.2, 0.25) is 5.02 Å². The Labute approximate surface area is 134 Å². The molecule has 0 saturated heterocycles. The van der Waals surface area contributed by atoms with Gasteiger partial charge in [-0.25, -0.2) is 0 Å². The second-order valence-corrected chi connectivity index (χ2v) is 4.82. The molecular formula is C17H16ClNO3. The summed E-state index contributed by atoms with van der Waals surface area (Å²) in [6.45, 7) is 0. The van der Waals surface area contributed by atoms with E-state index in [9.17, 15) is 4.79 Å². The summed E-state index contributed by atoms with van der Waals surface area (Å²) >= 11 is 6.03. The lowest BCUT2D eigenvalue weighted by Gasteiger charge is -2.10. The van der Waals surface area contributed by atoms with Crippen molar-refractivity contribution in [1.29, 1.82) is 0 Å². The molecule has 1 N–H and O–H groups in total. The SMILES string of the molecule is COc1ccc(NC(=O)/C=C/c2ccccc2Cl)c(OC)c1. The van der Waals surface area contributed by atoms with Gasteiger partial charge in [-0.2, -0.15) is 0 Å². The molecule has 0 fully saturated rings. The van der Waals surface area contributed by atoms with Crippen molar-refractivity contribution in [1.82, 2.24) is 0 Å². The number of carbonyl (C=O) groups excluding carboxylic acids is 1. The Morgan fingerprint density at radius 2 is 1.91 bits per heavy atom. The second-order valence-electron chi connectivity index (χ2n) is 4.41. The first-order valence-corrected chi connectivity index (χ1v) is 6.97. The van der Waals surface area contributed by atoms with E-state index in [1.165, 1.54) is 13.2 Å². The fraction of sp³-hybridized carbons (Fsp3) is 0.118. The van der Waals surface area contributed by atoms with E-state index in [-0.39, 0.29) is 5.91 Å². The molecule has 0 aliphatic rings. The molecule has 2 aromatic carbocycles. The standard InChI is InChI=1S/C17H16ClNO3/c1-21-13-8-9-15(16(11-13)22-2)19-17(20)10-7-12-5-3-4-6-14(12)18/h3-11H,1-2H3,(H,19,20)/b10-7+. The minimum Gasteiger partial charge on any atom is -0.497 e. The number of hydrogen-bond acceptors (Lipinski definition) is 3. The van der Waals surface area contributed by atoms with Gasteiger partial charge in [0.2, 0.25) is 5.91 Å². The number of hydrogen-bond donors (Lipinski definition) is 1. The monoisotopic (exact) mass is 317 g/mol. The van der Waals surface area contributed by atoms with Crippen LogP contribution in [-0.2, 0) is 4.79 Å². The van der Waals surface area contributed by atoms with Gasteiger partial charge in [0.15, 0.2) is 0 Å². The van der Waals surface area contributed by atoms with Gasteiger partial charge >= 0.3 is 0 Å². The van der Waals surface area contributed by atoms with Gasteiger partial charge in [-0.15, -0.1) is 0 Å². The van der Waals surface area contributed by atoms with Gasteiger partial charge in [-0.3, -0.25) is 4.79 Å². The summed E-state index contributed by atoms with van der Waals surface area (Å²) in [6.07, 6.45) is 3.08. The molecule has 0 aliphatic carbocycles. The average Bonchev–Trinajstić information content (AvgIpc) is 2.54. The van der Waals surface area contributed by atoms with Gasteiger partial charge < -0.3 is 14.8 Å². The topological polar surface area (TPSA) is 47.6 Å². The van der Waals surface area contributed by atoms with Crippen LogP contribution in [0.5, 0.6) is 11.5 Å². The van der Waals surface area contributed by atoms with Crippen molar-refractivity contribution in [2.45, 2.75) is 0 Å². The van der Waals surface area contributed by atoms with Crippen molar-refractivity contribution in [2.24, 2.45) is 0 Å². The molecule has 0 saturated carbocycles. The minimum absolute atomic E-state index is 0.275. The highest BCUT2D eigenvalue weighted by atomic mass is 35.5. The first-order valence-electron chi connectivity index (χ1n) is 6.59. The van der Waals surface area contributed by atoms with E-state index in [0.29, 0.717) is 22.2 Å². The van der Waals surface area contributed by atoms with E-state index < -0.39 is 0 Å². The Kier molecular flexibility index (Phi) is 5.44. The number of benzene rings is 2. The Morgan fingerprint density at radius 1 is 1.14 bits per heavy atom. The summed E-state index contributed by atoms with van der Waals surface area (Å²) in [7, 11) is 3.10. The summed E-state index contributed by atoms with van der Waals surface area (Å²) in [6, 6.07) is 12.5. The molecule has 0 heterocycles. The lowest BCUT2D eigenvalue weighted by atomic mass is 10.2. The summed E-state index contributed by atoms with van der Waals surface area (Å²) in [4.78, 5) is 12.0. The smallest absolute Gasteiger partial charge is 0.248 e. The molecule has 0 bridgehead atoms. The van der Waals surface area contributed by atoms with E-state index in [0.717, 1.165) is 5.56 Å². The van der Waals surface area contributed by atoms with Crippen LogP contribution in [0, 0.1) is 0 Å². The number of nitrogens with one attached hydrogen (secondary N) is 1. The molecule has 22 heavy (non-hydrogen) atoms. The Bertz CT molecular complexity index is 698. The molecule has 0 radical (unpaired) electrons. The van der Waals surface area contributed by atoms with Crippen LogP contribution in [0.15, 0.2) is 48.5 Å². The van der Waals surface area contributed by atoms with Gasteiger partial charge in [0.25, 0.3) is 0 Å². The van der Waals surface area contributed by atoms with Gasteiger partial charge in [0, 0.05) is 17.2 Å². The molecule has 4 nitrogen and oxygen atoms in total. The fourth-order valence-electron chi connectivity index (χ4n) is 1.85. The first kappa shape index (κ1) is 15.9. The van der Waals surface area contributed by atoms with Crippen LogP contribution in [0.1, 0.15) is 5.56 Å². The van der Waals surface area contributed by atoms with Crippen LogP contribution in [0.3, 0.4) is 0 Å². The third-order valence-electron chi connectivity index (χ3n) is 2.99. The maximum absolute atomic E-state index is 12.0. The molecule has 0 aliphatic heterocycles. The van der Waals surface area contributed by atoms with Crippen LogP contribution in [0.4, 0.5) is 5.69 Å². The van der Waals surface area contributed by atoms with E-state index >= 15 is 0 Å². The zero-order chi connectivity index (χ0) is 15.9. The van der Waals surface area contributed by atoms with Crippen molar-refractivity contribution in [2.75, 3.05) is 19.5 Å². The number of amides is 1. The molecular weight excluding hydrogens is 302 g/mol. The molecule has 2 aromatic rings. The number of ether oxygens (including phenoxy) is 2. The van der Waals surface area contributed by atoms with Gasteiger partial charge in [-0.05, 0) is 29.8 Å². The van der Waals surface area contributed by atoms with Gasteiger partial charge in [-0.1, -0.05) is 29.8 Å². The van der Waals surface area contributed by atoms with Gasteiger partial charge in [0.05, 0.1) is 19.9 Å². The molecule has 0 aromatic heterocycles. The molecule has 0 spiro atoms. The van der Waals surface area contributed by atoms with Crippen molar-refractivity contribution in [3.63, 3.8) is 0 Å². The zero-order valence-corrected chi connectivity index (χ0v) is 13.1. The summed E-state index contributed by atoms with van der Waals surface area (Å²) in [5.41, 5.74) is 1.35. The maximum Gasteiger partial charge on any atom is 0.248 e. The molecule has 5 heteroatoms. The molecule has 1 amide bonds. The molecule has 0 unspecified atom stereocenters. The van der Waals surface area contributed by atoms with E-state index in [1.807, 2.05) is 18.2 Å². The lowest BCUT2D eigenvalue weighted by molar-refractivity contribution is -0.111. The zero-order valence-electron chi connectivity index (χ0n) is 12.3. The first-order chi connectivity index (χ1) is 10.6. The normalized spacial score (nSPS) is 10.5. The van der Waals surface area contributed by atoms with E-state index in [4.69, 9.17) is 21.1 Å². The quantitative estimate of drug-likeness (QED) is 0.848. The lowest BCUT2D eigenvalue weighted by Crippen LogP contribution is -2.09. The van der Waals surface area contributed by atoms with Crippen molar-refractivity contribution in [3.05, 3.63) is 59.1 Å². The van der Waals surface area contributed by atoms with Crippen LogP contribution in [0.25, 0.3) is 6.08 Å². The van der Waals surface area contributed by atoms with Crippen molar-refractivity contribution in [3.8, 4) is 11.5 Å². The van der Waals surface area contributed by atoms with E-state index in [1.54, 1.807) is 37.5 Å². The Balaban J connectivity index is 2.11. The van der Waals surface area contributed by atoms with Gasteiger partial charge in [0.1, 0.15) is 11.5 Å². The highest BCUT2D eigenvalue weighted by Gasteiger charge is 2.07. The predicted molar refractivity (Wildman–Crippen MR) is 88.7 cm³/mol. The number of halogens is 1. The molecule has 2 rings (SSSR count). The second kappa shape index (κ2) is 7.52. The number of carbonyl (C=O) groups is 1. The highest BCUT2D eigenvalue weighted by Crippen LogP contribution is 2.29. The van der Waals surface area contributed by atoms with Crippen LogP contribution >= 0.6 is 11.6 Å². The largest absolute Gasteiger partial charge is 0.497 e. The highest BCUT2D eigenvalue weighted by molar-refractivity contribution is 6.32. The summed E-state index contributed by atoms with van der Waals surface area (Å²) in [5, 5.41) is 3.34. The number of rotatable bonds is 5. The fourth-order valence-corrected chi connectivity index (χ4v) is 2.05. The molecule has 0 atom stereocenters. The summed E-state index contributed by atoms with van der Waals surface area (Å²) in [5.74, 6) is 0.906. The summed E-state index contributed by atoms with van der Waals surface area (Å²) < 4.78 is 10.3. The van der Waals surface area contributed by atoms with Crippen LogP contribution in [-0.4, -0.2) is 20.1 Å². The maximum atomic E-state index is 12.0. The minimum atomic E-state index is -0.275. The molecule has 114 valence electrons. The van der Waals surface area contributed by atoms with E-state index in [2.05, 4.69) is 5.32 Å². The van der Waals surface area contributed by atoms with Crippen molar-refractivity contribution < 1.29 is 14.3 Å². The number of anilines is 1. The Morgan fingerprint density at radius 3 is 2.59 bits per heavy atom. The average molecular weight is 318 g/mol. The Hall–Kier alpha value is -2.46. The predicted octanol–water partition coefficient (Wildman–Crippen LogP) is 4.01. The number of methoxy groups -OCH3 is 2.